The minimum absolute atomic E-state index is 0.721. The molecule has 1 N–H and O–H groups in total. The van der Waals surface area contributed by atoms with Crippen LogP contribution in [-0.2, 0) is 6.42 Å². The topological polar surface area (TPSA) is 15.3 Å². The van der Waals surface area contributed by atoms with E-state index in [1.807, 2.05) is 19.1 Å². The molecule has 1 aliphatic rings. The van der Waals surface area contributed by atoms with Crippen molar-refractivity contribution in [3.8, 4) is 0 Å². The molecular weight excluding hydrogens is 160 g/mol. The molecule has 0 spiro atoms. The van der Waals surface area contributed by atoms with Gasteiger partial charge in [0.15, 0.2) is 0 Å². The number of hydrazine groups is 1. The molecular formula is C11H16N2. The van der Waals surface area contributed by atoms with Gasteiger partial charge in [-0.3, -0.25) is 10.4 Å². The minimum Gasteiger partial charge on any atom is -0.255 e. The molecule has 2 rings (SSSR count). The Morgan fingerprint density at radius 2 is 2.15 bits per heavy atom. The van der Waals surface area contributed by atoms with Crippen LogP contribution in [0, 0.1) is 0 Å². The van der Waals surface area contributed by atoms with Gasteiger partial charge >= 0.3 is 0 Å². The van der Waals surface area contributed by atoms with Gasteiger partial charge in [-0.2, -0.15) is 0 Å². The van der Waals surface area contributed by atoms with Crippen molar-refractivity contribution >= 4 is 0 Å². The summed E-state index contributed by atoms with van der Waals surface area (Å²) < 4.78 is 0. The van der Waals surface area contributed by atoms with Crippen molar-refractivity contribution in [3.63, 3.8) is 0 Å². The Hall–Kier alpha value is -0.860. The molecule has 1 aliphatic carbocycles. The molecule has 1 aromatic carbocycles. The van der Waals surface area contributed by atoms with Crippen molar-refractivity contribution < 1.29 is 0 Å². The standard InChI is InChI=1S/C11H16N2/c1-13(2)12-8-10-7-9-5-3-4-6-11(9)10/h3-6,10,12H,7-8H2,1-2H3. The van der Waals surface area contributed by atoms with Crippen molar-refractivity contribution in [3.05, 3.63) is 35.4 Å². The molecule has 0 bridgehead atoms. The first-order valence-corrected chi connectivity index (χ1v) is 4.76. The van der Waals surface area contributed by atoms with Crippen LogP contribution >= 0.6 is 0 Å². The van der Waals surface area contributed by atoms with Gasteiger partial charge < -0.3 is 0 Å². The summed E-state index contributed by atoms with van der Waals surface area (Å²) >= 11 is 0. The lowest BCUT2D eigenvalue weighted by Crippen LogP contribution is -2.37. The molecule has 2 nitrogen and oxygen atoms in total. The summed E-state index contributed by atoms with van der Waals surface area (Å²) in [5.41, 5.74) is 6.37. The van der Waals surface area contributed by atoms with Gasteiger partial charge in [-0.1, -0.05) is 24.3 Å². The second-order valence-electron chi connectivity index (χ2n) is 3.86. The van der Waals surface area contributed by atoms with Gasteiger partial charge in [-0.15, -0.1) is 0 Å². The zero-order valence-corrected chi connectivity index (χ0v) is 8.25. The summed E-state index contributed by atoms with van der Waals surface area (Å²) in [6, 6.07) is 8.71. The Labute approximate surface area is 79.5 Å². The fourth-order valence-electron chi connectivity index (χ4n) is 1.84. The number of hydrogen-bond acceptors (Lipinski definition) is 2. The molecule has 0 fully saturated rings. The highest BCUT2D eigenvalue weighted by molar-refractivity contribution is 5.40. The third-order valence-corrected chi connectivity index (χ3v) is 2.62. The average Bonchev–Trinajstić information content (AvgIpc) is 2.06. The first-order valence-electron chi connectivity index (χ1n) is 4.76. The average molecular weight is 176 g/mol. The highest BCUT2D eigenvalue weighted by Gasteiger charge is 2.24. The van der Waals surface area contributed by atoms with E-state index < -0.39 is 0 Å². The van der Waals surface area contributed by atoms with E-state index >= 15 is 0 Å². The number of fused-ring (bicyclic) bond motifs is 1. The molecule has 1 unspecified atom stereocenters. The second-order valence-corrected chi connectivity index (χ2v) is 3.86. The fraction of sp³-hybridized carbons (Fsp3) is 0.455. The zero-order chi connectivity index (χ0) is 9.26. The SMILES string of the molecule is CN(C)NCC1Cc2ccccc21. The minimum atomic E-state index is 0.721. The summed E-state index contributed by atoms with van der Waals surface area (Å²) in [6.07, 6.45) is 1.23. The third kappa shape index (κ3) is 1.74. The fourth-order valence-corrected chi connectivity index (χ4v) is 1.84. The Bertz CT molecular complexity index is 294. The van der Waals surface area contributed by atoms with Crippen LogP contribution in [0.1, 0.15) is 17.0 Å². The smallest absolute Gasteiger partial charge is 0.0174 e. The van der Waals surface area contributed by atoms with E-state index in [1.165, 1.54) is 17.5 Å². The zero-order valence-electron chi connectivity index (χ0n) is 8.25. The van der Waals surface area contributed by atoms with Crippen molar-refractivity contribution in [1.29, 1.82) is 0 Å². The van der Waals surface area contributed by atoms with E-state index in [-0.39, 0.29) is 0 Å². The Morgan fingerprint density at radius 3 is 2.85 bits per heavy atom. The molecule has 0 aromatic heterocycles. The van der Waals surface area contributed by atoms with E-state index in [0.717, 1.165) is 12.5 Å². The molecule has 70 valence electrons. The highest BCUT2D eigenvalue weighted by Crippen LogP contribution is 2.33. The van der Waals surface area contributed by atoms with Crippen molar-refractivity contribution in [1.82, 2.24) is 10.4 Å². The number of hydrogen-bond donors (Lipinski definition) is 1. The number of rotatable bonds is 3. The van der Waals surface area contributed by atoms with E-state index in [2.05, 4.69) is 29.7 Å². The van der Waals surface area contributed by atoms with Gasteiger partial charge in [0.25, 0.3) is 0 Å². The largest absolute Gasteiger partial charge is 0.255 e. The molecule has 0 heterocycles. The molecule has 1 atom stereocenters. The summed E-state index contributed by atoms with van der Waals surface area (Å²) in [7, 11) is 4.06. The molecule has 1 aromatic rings. The number of nitrogens with one attached hydrogen (secondary N) is 1. The van der Waals surface area contributed by atoms with Crippen molar-refractivity contribution in [2.24, 2.45) is 0 Å². The molecule has 0 aliphatic heterocycles. The highest BCUT2D eigenvalue weighted by atomic mass is 15.5. The predicted octanol–water partition coefficient (Wildman–Crippen LogP) is 1.39. The Balaban J connectivity index is 1.94. The summed E-state index contributed by atoms with van der Waals surface area (Å²) in [5, 5.41) is 2.01. The molecule has 2 heteroatoms. The summed E-state index contributed by atoms with van der Waals surface area (Å²) in [5.74, 6) is 0.721. The molecule has 0 saturated carbocycles. The number of benzene rings is 1. The first-order chi connectivity index (χ1) is 6.27. The van der Waals surface area contributed by atoms with Crippen LogP contribution in [0.4, 0.5) is 0 Å². The van der Waals surface area contributed by atoms with Crippen molar-refractivity contribution in [2.45, 2.75) is 12.3 Å². The van der Waals surface area contributed by atoms with Crippen LogP contribution < -0.4 is 5.43 Å². The van der Waals surface area contributed by atoms with Gasteiger partial charge in [-0.25, -0.2) is 0 Å². The molecule has 13 heavy (non-hydrogen) atoms. The van der Waals surface area contributed by atoms with Crippen LogP contribution in [0.15, 0.2) is 24.3 Å². The maximum absolute atomic E-state index is 3.32. The lowest BCUT2D eigenvalue weighted by Gasteiger charge is -2.31. The third-order valence-electron chi connectivity index (χ3n) is 2.62. The molecule has 0 amide bonds. The van der Waals surface area contributed by atoms with Crippen LogP contribution in [0.25, 0.3) is 0 Å². The first kappa shape index (κ1) is 8.73. The van der Waals surface area contributed by atoms with E-state index in [1.54, 1.807) is 0 Å². The van der Waals surface area contributed by atoms with Crippen molar-refractivity contribution in [2.75, 3.05) is 20.6 Å². The van der Waals surface area contributed by atoms with Gasteiger partial charge in [0.1, 0.15) is 0 Å². The van der Waals surface area contributed by atoms with Gasteiger partial charge in [0.05, 0.1) is 0 Å². The monoisotopic (exact) mass is 176 g/mol. The van der Waals surface area contributed by atoms with E-state index in [0.29, 0.717) is 0 Å². The Morgan fingerprint density at radius 1 is 1.38 bits per heavy atom. The van der Waals surface area contributed by atoms with Gasteiger partial charge in [0.2, 0.25) is 0 Å². The summed E-state index contributed by atoms with van der Waals surface area (Å²) in [6.45, 7) is 1.06. The predicted molar refractivity (Wildman–Crippen MR) is 54.6 cm³/mol. The maximum atomic E-state index is 3.32. The van der Waals surface area contributed by atoms with Gasteiger partial charge in [-0.05, 0) is 17.5 Å². The quantitative estimate of drug-likeness (QED) is 0.700. The van der Waals surface area contributed by atoms with Gasteiger partial charge in [0, 0.05) is 26.6 Å². The molecule has 0 saturated heterocycles. The lowest BCUT2D eigenvalue weighted by atomic mass is 9.78. The van der Waals surface area contributed by atoms with Crippen LogP contribution in [0.2, 0.25) is 0 Å². The normalized spacial score (nSPS) is 19.8. The number of nitrogens with zero attached hydrogens (tertiary/aromatic N) is 1. The van der Waals surface area contributed by atoms with E-state index in [9.17, 15) is 0 Å². The maximum Gasteiger partial charge on any atom is 0.0174 e. The van der Waals surface area contributed by atoms with Crippen LogP contribution in [0.5, 0.6) is 0 Å². The van der Waals surface area contributed by atoms with Crippen LogP contribution in [0.3, 0.4) is 0 Å². The summed E-state index contributed by atoms with van der Waals surface area (Å²) in [4.78, 5) is 0. The van der Waals surface area contributed by atoms with E-state index in [4.69, 9.17) is 0 Å². The second kappa shape index (κ2) is 3.48. The Kier molecular flexibility index (Phi) is 2.34. The molecule has 0 radical (unpaired) electrons. The van der Waals surface area contributed by atoms with Crippen LogP contribution in [-0.4, -0.2) is 25.6 Å². The lowest BCUT2D eigenvalue weighted by molar-refractivity contribution is 0.274.